The van der Waals surface area contributed by atoms with Crippen LogP contribution in [0.5, 0.6) is 11.5 Å². The topological polar surface area (TPSA) is 87.7 Å². The molecule has 0 aliphatic carbocycles. The Hall–Kier alpha value is -3.34. The molecule has 138 valence electrons. The number of hydrogen-bond donors (Lipinski definition) is 2. The molecule has 0 unspecified atom stereocenters. The van der Waals surface area contributed by atoms with Crippen LogP contribution in [0.4, 0.5) is 0 Å². The number of Topliss-reactive ketones (excluding diaryl/α,β-unsaturated/α-hetero) is 1. The van der Waals surface area contributed by atoms with Gasteiger partial charge in [0.25, 0.3) is 0 Å². The summed E-state index contributed by atoms with van der Waals surface area (Å²) in [4.78, 5) is 24.8. The molecule has 2 N–H and O–H groups in total. The quantitative estimate of drug-likeness (QED) is 0.404. The molecular formula is C22H20O5. The van der Waals surface area contributed by atoms with Gasteiger partial charge in [0, 0.05) is 29.0 Å². The standard InChI is InChI=1S/C22H20O5/c1-13(2)3-4-14-9-15(6-8-19(14)24)20(25)11-17-10-16-5-7-18(23)12-21(16)27-22(17)26/h3,5-10,12,23-24H,4,11H2,1-2H3. The van der Waals surface area contributed by atoms with Crippen LogP contribution in [0, 0.1) is 0 Å². The predicted molar refractivity (Wildman–Crippen MR) is 103 cm³/mol. The molecule has 0 aliphatic rings. The molecule has 2 aromatic carbocycles. The van der Waals surface area contributed by atoms with Crippen LogP contribution in [-0.2, 0) is 12.8 Å². The third kappa shape index (κ3) is 4.26. The molecule has 0 spiro atoms. The van der Waals surface area contributed by atoms with E-state index < -0.39 is 5.63 Å². The molecule has 3 rings (SSSR count). The Morgan fingerprint density at radius 3 is 2.56 bits per heavy atom. The Morgan fingerprint density at radius 2 is 1.81 bits per heavy atom. The molecule has 1 aromatic heterocycles. The number of carbonyl (C=O) groups is 1. The Balaban J connectivity index is 1.89. The lowest BCUT2D eigenvalue weighted by molar-refractivity contribution is 0.0992. The second-order valence-corrected chi connectivity index (χ2v) is 6.71. The third-order valence-electron chi connectivity index (χ3n) is 4.27. The van der Waals surface area contributed by atoms with Crippen molar-refractivity contribution in [3.05, 3.63) is 81.2 Å². The molecular weight excluding hydrogens is 344 g/mol. The van der Waals surface area contributed by atoms with Crippen LogP contribution in [0.2, 0.25) is 0 Å². The summed E-state index contributed by atoms with van der Waals surface area (Å²) in [6, 6.07) is 10.8. The van der Waals surface area contributed by atoms with E-state index in [0.29, 0.717) is 22.9 Å². The predicted octanol–water partition coefficient (Wildman–Crippen LogP) is 4.14. The number of fused-ring (bicyclic) bond motifs is 1. The lowest BCUT2D eigenvalue weighted by Gasteiger charge is -2.07. The SMILES string of the molecule is CC(C)=CCc1cc(C(=O)Cc2cc3ccc(O)cc3oc2=O)ccc1O. The molecule has 0 bridgehead atoms. The van der Waals surface area contributed by atoms with Crippen molar-refractivity contribution in [1.82, 2.24) is 0 Å². The van der Waals surface area contributed by atoms with E-state index in [1.807, 2.05) is 19.9 Å². The first kappa shape index (κ1) is 18.5. The van der Waals surface area contributed by atoms with E-state index in [-0.39, 0.29) is 34.8 Å². The largest absolute Gasteiger partial charge is 0.508 e. The zero-order chi connectivity index (χ0) is 19.6. The smallest absolute Gasteiger partial charge is 0.339 e. The van der Waals surface area contributed by atoms with E-state index >= 15 is 0 Å². The minimum Gasteiger partial charge on any atom is -0.508 e. The van der Waals surface area contributed by atoms with Crippen LogP contribution in [0.25, 0.3) is 11.0 Å². The maximum absolute atomic E-state index is 12.6. The summed E-state index contributed by atoms with van der Waals surface area (Å²) in [6.45, 7) is 3.93. The monoisotopic (exact) mass is 364 g/mol. The van der Waals surface area contributed by atoms with Gasteiger partial charge in [-0.3, -0.25) is 4.79 Å². The fourth-order valence-electron chi connectivity index (χ4n) is 2.78. The van der Waals surface area contributed by atoms with Crippen LogP contribution >= 0.6 is 0 Å². The number of rotatable bonds is 5. The molecule has 5 heteroatoms. The van der Waals surface area contributed by atoms with E-state index in [4.69, 9.17) is 4.42 Å². The van der Waals surface area contributed by atoms with Crippen molar-refractivity contribution in [1.29, 1.82) is 0 Å². The molecule has 0 saturated carbocycles. The molecule has 3 aromatic rings. The van der Waals surface area contributed by atoms with Gasteiger partial charge in [-0.1, -0.05) is 11.6 Å². The number of ketones is 1. The Morgan fingerprint density at radius 1 is 1.04 bits per heavy atom. The number of hydrogen-bond acceptors (Lipinski definition) is 5. The number of phenols is 2. The van der Waals surface area contributed by atoms with Gasteiger partial charge in [0.05, 0.1) is 0 Å². The summed E-state index contributed by atoms with van der Waals surface area (Å²) in [6.07, 6.45) is 2.39. The highest BCUT2D eigenvalue weighted by molar-refractivity contribution is 5.98. The van der Waals surface area contributed by atoms with Crippen LogP contribution in [0.3, 0.4) is 0 Å². The average Bonchev–Trinajstić information content (AvgIpc) is 2.61. The lowest BCUT2D eigenvalue weighted by atomic mass is 9.99. The first-order chi connectivity index (χ1) is 12.8. The average molecular weight is 364 g/mol. The number of carbonyl (C=O) groups excluding carboxylic acids is 1. The van der Waals surface area contributed by atoms with E-state index in [9.17, 15) is 19.8 Å². The minimum absolute atomic E-state index is 0.00228. The van der Waals surface area contributed by atoms with Crippen LogP contribution < -0.4 is 5.63 Å². The maximum Gasteiger partial charge on any atom is 0.339 e. The summed E-state index contributed by atoms with van der Waals surface area (Å²) in [7, 11) is 0. The van der Waals surface area contributed by atoms with Crippen molar-refractivity contribution in [3.8, 4) is 11.5 Å². The third-order valence-corrected chi connectivity index (χ3v) is 4.27. The van der Waals surface area contributed by atoms with Crippen LogP contribution in [0.1, 0.15) is 35.3 Å². The Kier molecular flexibility index (Phi) is 5.12. The number of allylic oxidation sites excluding steroid dienone is 2. The van der Waals surface area contributed by atoms with Crippen molar-refractivity contribution in [2.75, 3.05) is 0 Å². The second kappa shape index (κ2) is 7.50. The number of aromatic hydroxyl groups is 2. The zero-order valence-electron chi connectivity index (χ0n) is 15.2. The molecule has 5 nitrogen and oxygen atoms in total. The van der Waals surface area contributed by atoms with E-state index in [0.717, 1.165) is 5.57 Å². The van der Waals surface area contributed by atoms with Crippen molar-refractivity contribution in [2.45, 2.75) is 26.7 Å². The van der Waals surface area contributed by atoms with E-state index in [2.05, 4.69) is 0 Å². The normalized spacial score (nSPS) is 10.7. The Bertz CT molecular complexity index is 1100. The van der Waals surface area contributed by atoms with Crippen molar-refractivity contribution in [3.63, 3.8) is 0 Å². The number of phenolic OH excluding ortho intramolecular Hbond substituents is 2. The van der Waals surface area contributed by atoms with Gasteiger partial charge in [-0.15, -0.1) is 0 Å². The van der Waals surface area contributed by atoms with Gasteiger partial charge in [-0.05, 0) is 62.2 Å². The fourth-order valence-corrected chi connectivity index (χ4v) is 2.78. The van der Waals surface area contributed by atoms with Gasteiger partial charge in [0.15, 0.2) is 5.78 Å². The fraction of sp³-hybridized carbons (Fsp3) is 0.182. The van der Waals surface area contributed by atoms with Crippen molar-refractivity contribution >= 4 is 16.8 Å². The van der Waals surface area contributed by atoms with Crippen LogP contribution in [-0.4, -0.2) is 16.0 Å². The van der Waals surface area contributed by atoms with Crippen LogP contribution in [0.15, 0.2) is 63.3 Å². The highest BCUT2D eigenvalue weighted by Crippen LogP contribution is 2.22. The summed E-state index contributed by atoms with van der Waals surface area (Å²) in [5, 5.41) is 20.1. The molecule has 27 heavy (non-hydrogen) atoms. The summed E-state index contributed by atoms with van der Waals surface area (Å²) < 4.78 is 5.20. The molecule has 0 amide bonds. The first-order valence-corrected chi connectivity index (χ1v) is 8.57. The molecule has 0 saturated heterocycles. The second-order valence-electron chi connectivity index (χ2n) is 6.71. The molecule has 0 radical (unpaired) electrons. The first-order valence-electron chi connectivity index (χ1n) is 8.57. The van der Waals surface area contributed by atoms with Crippen molar-refractivity contribution in [2.24, 2.45) is 0 Å². The highest BCUT2D eigenvalue weighted by Gasteiger charge is 2.14. The molecule has 0 fully saturated rings. The van der Waals surface area contributed by atoms with Gasteiger partial charge in [-0.2, -0.15) is 0 Å². The van der Waals surface area contributed by atoms with Gasteiger partial charge >= 0.3 is 5.63 Å². The minimum atomic E-state index is -0.606. The molecule has 1 heterocycles. The van der Waals surface area contributed by atoms with Gasteiger partial charge in [-0.25, -0.2) is 4.79 Å². The molecule has 0 aliphatic heterocycles. The molecule has 0 atom stereocenters. The van der Waals surface area contributed by atoms with E-state index in [1.54, 1.807) is 24.3 Å². The van der Waals surface area contributed by atoms with E-state index in [1.165, 1.54) is 18.2 Å². The van der Waals surface area contributed by atoms with Crippen molar-refractivity contribution < 1.29 is 19.4 Å². The number of benzene rings is 2. The van der Waals surface area contributed by atoms with Gasteiger partial charge in [0.2, 0.25) is 0 Å². The zero-order valence-corrected chi connectivity index (χ0v) is 15.2. The summed E-state index contributed by atoms with van der Waals surface area (Å²) in [5.41, 5.74) is 2.11. The maximum atomic E-state index is 12.6. The summed E-state index contributed by atoms with van der Waals surface area (Å²) in [5.74, 6) is -0.101. The highest BCUT2D eigenvalue weighted by atomic mass is 16.4. The van der Waals surface area contributed by atoms with Gasteiger partial charge in [0.1, 0.15) is 17.1 Å². The lowest BCUT2D eigenvalue weighted by Crippen LogP contribution is -2.13. The summed E-state index contributed by atoms with van der Waals surface area (Å²) >= 11 is 0. The van der Waals surface area contributed by atoms with Gasteiger partial charge < -0.3 is 14.6 Å². The Labute approximate surface area is 156 Å².